The number of piperidine rings is 1. The predicted octanol–water partition coefficient (Wildman–Crippen LogP) is 1.13. The molecule has 0 bridgehead atoms. The van der Waals surface area contributed by atoms with Crippen molar-refractivity contribution in [2.75, 3.05) is 20.1 Å². The first-order valence-electron chi connectivity index (χ1n) is 6.26. The second-order valence-electron chi connectivity index (χ2n) is 5.00. The van der Waals surface area contributed by atoms with Crippen molar-refractivity contribution in [2.45, 2.75) is 18.8 Å². The van der Waals surface area contributed by atoms with Gasteiger partial charge < -0.3 is 4.90 Å². The second kappa shape index (κ2) is 4.49. The van der Waals surface area contributed by atoms with Crippen LogP contribution in [0.25, 0.3) is 10.8 Å². The van der Waals surface area contributed by atoms with Gasteiger partial charge in [-0.3, -0.25) is 9.78 Å². The van der Waals surface area contributed by atoms with Crippen molar-refractivity contribution in [3.63, 3.8) is 0 Å². The van der Waals surface area contributed by atoms with E-state index in [1.807, 2.05) is 6.07 Å². The summed E-state index contributed by atoms with van der Waals surface area (Å²) in [5.74, 6) is 0.465. The Morgan fingerprint density at radius 3 is 3.17 bits per heavy atom. The molecule has 94 valence electrons. The first-order chi connectivity index (χ1) is 8.74. The van der Waals surface area contributed by atoms with Crippen LogP contribution < -0.4 is 5.56 Å². The average molecular weight is 244 g/mol. The third-order valence-electron chi connectivity index (χ3n) is 3.61. The van der Waals surface area contributed by atoms with Crippen molar-refractivity contribution >= 4 is 10.8 Å². The molecular formula is C13H16N4O. The highest BCUT2D eigenvalue weighted by atomic mass is 16.1. The molecule has 18 heavy (non-hydrogen) atoms. The number of likely N-dealkylation sites (N-methyl/N-ethyl adjacent to an activating group) is 1. The molecule has 2 aromatic rings. The molecule has 0 amide bonds. The maximum absolute atomic E-state index is 11.6. The first kappa shape index (κ1) is 11.3. The molecule has 1 aliphatic heterocycles. The van der Waals surface area contributed by atoms with Crippen molar-refractivity contribution in [3.8, 4) is 0 Å². The minimum Gasteiger partial charge on any atom is -0.306 e. The molecule has 1 fully saturated rings. The van der Waals surface area contributed by atoms with E-state index in [2.05, 4.69) is 27.1 Å². The van der Waals surface area contributed by atoms with E-state index in [0.717, 1.165) is 24.2 Å². The molecule has 2 aromatic heterocycles. The van der Waals surface area contributed by atoms with Gasteiger partial charge in [0, 0.05) is 29.7 Å². The van der Waals surface area contributed by atoms with Gasteiger partial charge in [0.15, 0.2) is 0 Å². The van der Waals surface area contributed by atoms with E-state index >= 15 is 0 Å². The summed E-state index contributed by atoms with van der Waals surface area (Å²) in [4.78, 5) is 18.3. The molecule has 1 saturated heterocycles. The standard InChI is InChI=1S/C13H16N4O/c1-17-4-2-3-9(8-17)12-5-10-6-15-16-13(18)11(10)7-14-12/h5-7,9H,2-4,8H2,1H3,(H,16,18)/t9-/m1/s1. The zero-order chi connectivity index (χ0) is 12.5. The summed E-state index contributed by atoms with van der Waals surface area (Å²) in [6.45, 7) is 2.19. The van der Waals surface area contributed by atoms with Gasteiger partial charge in [-0.25, -0.2) is 5.10 Å². The van der Waals surface area contributed by atoms with E-state index in [1.165, 1.54) is 12.8 Å². The molecule has 1 N–H and O–H groups in total. The summed E-state index contributed by atoms with van der Waals surface area (Å²) in [7, 11) is 2.14. The van der Waals surface area contributed by atoms with Crippen LogP contribution in [0.15, 0.2) is 23.3 Å². The highest BCUT2D eigenvalue weighted by Gasteiger charge is 2.20. The van der Waals surface area contributed by atoms with Crippen LogP contribution in [0.1, 0.15) is 24.5 Å². The van der Waals surface area contributed by atoms with Gasteiger partial charge in [0.2, 0.25) is 0 Å². The SMILES string of the molecule is CN1CCC[C@@H](c2cc3cn[nH]c(=O)c3cn2)C1. The number of nitrogens with zero attached hydrogens (tertiary/aromatic N) is 3. The Kier molecular flexibility index (Phi) is 2.83. The lowest BCUT2D eigenvalue weighted by atomic mass is 9.94. The van der Waals surface area contributed by atoms with Gasteiger partial charge in [-0.15, -0.1) is 0 Å². The fourth-order valence-corrected chi connectivity index (χ4v) is 2.64. The third kappa shape index (κ3) is 2.01. The van der Waals surface area contributed by atoms with Gasteiger partial charge in [0.05, 0.1) is 11.6 Å². The van der Waals surface area contributed by atoms with E-state index in [9.17, 15) is 4.79 Å². The fourth-order valence-electron chi connectivity index (χ4n) is 2.64. The average Bonchev–Trinajstić information content (AvgIpc) is 2.39. The van der Waals surface area contributed by atoms with Crippen molar-refractivity contribution in [1.29, 1.82) is 0 Å². The highest BCUT2D eigenvalue weighted by molar-refractivity contribution is 5.79. The maximum atomic E-state index is 11.6. The van der Waals surface area contributed by atoms with Crippen molar-refractivity contribution < 1.29 is 0 Å². The summed E-state index contributed by atoms with van der Waals surface area (Å²) < 4.78 is 0. The maximum Gasteiger partial charge on any atom is 0.273 e. The number of nitrogens with one attached hydrogen (secondary N) is 1. The summed E-state index contributed by atoms with van der Waals surface area (Å²) >= 11 is 0. The quantitative estimate of drug-likeness (QED) is 0.816. The molecular weight excluding hydrogens is 228 g/mol. The van der Waals surface area contributed by atoms with Crippen LogP contribution >= 0.6 is 0 Å². The summed E-state index contributed by atoms with van der Waals surface area (Å²) in [6, 6.07) is 2.00. The summed E-state index contributed by atoms with van der Waals surface area (Å²) in [6.07, 6.45) is 5.72. The molecule has 3 rings (SSSR count). The molecule has 5 nitrogen and oxygen atoms in total. The minimum absolute atomic E-state index is 0.174. The number of hydrogen-bond donors (Lipinski definition) is 1. The number of fused-ring (bicyclic) bond motifs is 1. The Bertz CT molecular complexity index is 622. The molecule has 1 aliphatic rings. The topological polar surface area (TPSA) is 61.9 Å². The Labute approximate surface area is 105 Å². The molecule has 0 unspecified atom stereocenters. The van der Waals surface area contributed by atoms with E-state index in [-0.39, 0.29) is 5.56 Å². The van der Waals surface area contributed by atoms with Gasteiger partial charge in [-0.2, -0.15) is 5.10 Å². The summed E-state index contributed by atoms with van der Waals surface area (Å²) in [5, 5.41) is 7.75. The number of H-pyrrole nitrogens is 1. The summed E-state index contributed by atoms with van der Waals surface area (Å²) in [5.41, 5.74) is 0.897. The van der Waals surface area contributed by atoms with Gasteiger partial charge in [-0.05, 0) is 32.5 Å². The molecule has 5 heteroatoms. The Morgan fingerprint density at radius 2 is 2.33 bits per heavy atom. The zero-order valence-corrected chi connectivity index (χ0v) is 10.4. The molecule has 0 radical (unpaired) electrons. The molecule has 0 spiro atoms. The van der Waals surface area contributed by atoms with Crippen LogP contribution in [0.5, 0.6) is 0 Å². The van der Waals surface area contributed by atoms with E-state index < -0.39 is 0 Å². The van der Waals surface area contributed by atoms with Gasteiger partial charge in [0.25, 0.3) is 5.56 Å². The molecule has 0 aromatic carbocycles. The lowest BCUT2D eigenvalue weighted by Gasteiger charge is -2.29. The van der Waals surface area contributed by atoms with Gasteiger partial charge >= 0.3 is 0 Å². The van der Waals surface area contributed by atoms with E-state index in [1.54, 1.807) is 12.4 Å². The van der Waals surface area contributed by atoms with Crippen LogP contribution in [0, 0.1) is 0 Å². The molecule has 0 saturated carbocycles. The van der Waals surface area contributed by atoms with Crippen LogP contribution in [-0.4, -0.2) is 40.2 Å². The highest BCUT2D eigenvalue weighted by Crippen LogP contribution is 2.25. The number of aromatic amines is 1. The predicted molar refractivity (Wildman–Crippen MR) is 69.6 cm³/mol. The minimum atomic E-state index is -0.174. The van der Waals surface area contributed by atoms with Crippen molar-refractivity contribution in [2.24, 2.45) is 0 Å². The lowest BCUT2D eigenvalue weighted by Crippen LogP contribution is -2.31. The van der Waals surface area contributed by atoms with Gasteiger partial charge in [-0.1, -0.05) is 0 Å². The zero-order valence-electron chi connectivity index (χ0n) is 10.4. The van der Waals surface area contributed by atoms with Crippen molar-refractivity contribution in [3.05, 3.63) is 34.5 Å². The Morgan fingerprint density at radius 1 is 1.44 bits per heavy atom. The van der Waals surface area contributed by atoms with Crippen LogP contribution in [-0.2, 0) is 0 Å². The Hall–Kier alpha value is -1.75. The number of aromatic nitrogens is 3. The Balaban J connectivity index is 2.00. The normalized spacial score (nSPS) is 21.3. The smallest absolute Gasteiger partial charge is 0.273 e. The number of likely N-dealkylation sites (tertiary alicyclic amines) is 1. The van der Waals surface area contributed by atoms with Gasteiger partial charge in [0.1, 0.15) is 0 Å². The fraction of sp³-hybridized carbons (Fsp3) is 0.462. The molecule has 3 heterocycles. The second-order valence-corrected chi connectivity index (χ2v) is 5.00. The van der Waals surface area contributed by atoms with Crippen LogP contribution in [0.2, 0.25) is 0 Å². The first-order valence-corrected chi connectivity index (χ1v) is 6.26. The van der Waals surface area contributed by atoms with Crippen LogP contribution in [0.4, 0.5) is 0 Å². The van der Waals surface area contributed by atoms with E-state index in [4.69, 9.17) is 0 Å². The monoisotopic (exact) mass is 244 g/mol. The molecule has 1 atom stereocenters. The van der Waals surface area contributed by atoms with Crippen molar-refractivity contribution in [1.82, 2.24) is 20.1 Å². The van der Waals surface area contributed by atoms with E-state index in [0.29, 0.717) is 11.3 Å². The molecule has 0 aliphatic carbocycles. The number of pyridine rings is 1. The lowest BCUT2D eigenvalue weighted by molar-refractivity contribution is 0.248. The number of hydrogen-bond acceptors (Lipinski definition) is 4. The number of rotatable bonds is 1. The largest absolute Gasteiger partial charge is 0.306 e. The third-order valence-corrected chi connectivity index (χ3v) is 3.61. The van der Waals surface area contributed by atoms with Crippen LogP contribution in [0.3, 0.4) is 0 Å².